The molecule has 4 nitrogen and oxygen atoms in total. The zero-order valence-electron chi connectivity index (χ0n) is 18.4. The summed E-state index contributed by atoms with van der Waals surface area (Å²) in [6.45, 7) is 20.3. The van der Waals surface area contributed by atoms with Crippen LogP contribution < -0.4 is 0 Å². The maximum Gasteiger partial charge on any atom is 0.311 e. The molecule has 0 N–H and O–H groups in total. The van der Waals surface area contributed by atoms with Crippen LogP contribution in [0.5, 0.6) is 0 Å². The number of ketones is 2. The Balaban J connectivity index is 4.39. The lowest BCUT2D eigenvalue weighted by atomic mass is 10.2. The number of hydrogen-bond acceptors (Lipinski definition) is 4. The first-order valence-electron chi connectivity index (χ1n) is 10.0. The molecule has 156 valence electrons. The second kappa shape index (κ2) is 12.1. The van der Waals surface area contributed by atoms with E-state index in [1.54, 1.807) is 0 Å². The average molecular weight is 429 g/mol. The van der Waals surface area contributed by atoms with Gasteiger partial charge in [-0.05, 0) is 76.4 Å². The minimum Gasteiger partial charge on any atom is -0.437 e. The second-order valence-electron chi connectivity index (χ2n) is 8.88. The molecular weight excluding hydrogens is 388 g/mol. The highest BCUT2D eigenvalue weighted by Crippen LogP contribution is 2.27. The largest absolute Gasteiger partial charge is 0.437 e. The molecule has 0 rings (SSSR count). The molecule has 0 unspecified atom stereocenters. The Morgan fingerprint density at radius 3 is 1.33 bits per heavy atom. The number of carbonyl (C=O) groups is 2. The standard InChI is InChI=1S/C20H40O4Si3/c1-9-19(21)15-11-13-17-25(3,4)23-27(7,8)24-26(5,6)18-14-12-16-20(22)10-2/h9-10H,1-2,11-18H2,3-8H3. The first kappa shape index (κ1) is 26.4. The van der Waals surface area contributed by atoms with Crippen molar-refractivity contribution in [1.82, 2.24) is 0 Å². The Hall–Kier alpha value is -0.609. The van der Waals surface area contributed by atoms with Crippen LogP contribution in [-0.4, -0.2) is 36.8 Å². The first-order chi connectivity index (χ1) is 12.3. The minimum atomic E-state index is -2.19. The lowest BCUT2D eigenvalue weighted by Gasteiger charge is -2.38. The lowest BCUT2D eigenvalue weighted by molar-refractivity contribution is -0.115. The molecule has 0 spiro atoms. The third-order valence-corrected chi connectivity index (χ3v) is 15.9. The quantitative estimate of drug-likeness (QED) is 0.172. The monoisotopic (exact) mass is 428 g/mol. The molecule has 0 aromatic carbocycles. The van der Waals surface area contributed by atoms with Gasteiger partial charge < -0.3 is 8.23 Å². The van der Waals surface area contributed by atoms with Gasteiger partial charge in [-0.25, -0.2) is 0 Å². The average Bonchev–Trinajstić information content (AvgIpc) is 2.52. The van der Waals surface area contributed by atoms with E-state index in [9.17, 15) is 9.59 Å². The highest BCUT2D eigenvalue weighted by atomic mass is 28.5. The Bertz CT molecular complexity index is 469. The van der Waals surface area contributed by atoms with Crippen LogP contribution in [0.1, 0.15) is 38.5 Å². The fraction of sp³-hybridized carbons (Fsp3) is 0.700. The second-order valence-corrected chi connectivity index (χ2v) is 21.3. The molecule has 0 aliphatic rings. The van der Waals surface area contributed by atoms with E-state index in [2.05, 4.69) is 52.4 Å². The molecular formula is C20H40O4Si3. The predicted octanol–water partition coefficient (Wildman–Crippen LogP) is 5.98. The van der Waals surface area contributed by atoms with Crippen LogP contribution in [0.2, 0.25) is 51.4 Å². The number of carbonyl (C=O) groups excluding carboxylic acids is 2. The van der Waals surface area contributed by atoms with Gasteiger partial charge in [-0.3, -0.25) is 9.59 Å². The maximum absolute atomic E-state index is 11.3. The normalized spacial score (nSPS) is 12.7. The molecule has 0 radical (unpaired) electrons. The van der Waals surface area contributed by atoms with E-state index in [-0.39, 0.29) is 11.6 Å². The van der Waals surface area contributed by atoms with Crippen LogP contribution in [0, 0.1) is 0 Å². The van der Waals surface area contributed by atoms with Crippen molar-refractivity contribution in [2.24, 2.45) is 0 Å². The van der Waals surface area contributed by atoms with E-state index in [4.69, 9.17) is 8.23 Å². The summed E-state index contributed by atoms with van der Waals surface area (Å²) in [5.41, 5.74) is 0. The van der Waals surface area contributed by atoms with Crippen molar-refractivity contribution in [2.45, 2.75) is 89.9 Å². The summed E-state index contributed by atoms with van der Waals surface area (Å²) < 4.78 is 13.1. The van der Waals surface area contributed by atoms with Crippen LogP contribution >= 0.6 is 0 Å². The first-order valence-corrected chi connectivity index (χ1v) is 19.1. The van der Waals surface area contributed by atoms with Gasteiger partial charge in [0.05, 0.1) is 0 Å². The highest BCUT2D eigenvalue weighted by molar-refractivity contribution is 6.87. The molecule has 0 aliphatic heterocycles. The van der Waals surface area contributed by atoms with Crippen LogP contribution in [0.4, 0.5) is 0 Å². The summed E-state index contributed by atoms with van der Waals surface area (Å²) in [7, 11) is -5.82. The maximum atomic E-state index is 11.3. The van der Waals surface area contributed by atoms with Gasteiger partial charge in [0.2, 0.25) is 0 Å². The summed E-state index contributed by atoms with van der Waals surface area (Å²) in [5.74, 6) is 0.243. The summed E-state index contributed by atoms with van der Waals surface area (Å²) in [6.07, 6.45) is 7.81. The molecule has 0 aromatic rings. The Labute approximate surface area is 169 Å². The van der Waals surface area contributed by atoms with E-state index in [1.807, 2.05) is 0 Å². The van der Waals surface area contributed by atoms with Gasteiger partial charge in [-0.15, -0.1) is 0 Å². The zero-order chi connectivity index (χ0) is 21.1. The van der Waals surface area contributed by atoms with Crippen molar-refractivity contribution in [3.8, 4) is 0 Å². The summed E-state index contributed by atoms with van der Waals surface area (Å²) >= 11 is 0. The third kappa shape index (κ3) is 14.1. The Morgan fingerprint density at radius 1 is 0.704 bits per heavy atom. The van der Waals surface area contributed by atoms with E-state index < -0.39 is 25.2 Å². The SMILES string of the molecule is C=CC(=O)CCCC[Si](C)(C)O[Si](C)(C)O[Si](C)(C)CCCCC(=O)C=C. The van der Waals surface area contributed by atoms with Crippen molar-refractivity contribution >= 4 is 36.8 Å². The van der Waals surface area contributed by atoms with Crippen molar-refractivity contribution in [3.63, 3.8) is 0 Å². The molecule has 0 amide bonds. The predicted molar refractivity (Wildman–Crippen MR) is 122 cm³/mol. The molecule has 27 heavy (non-hydrogen) atoms. The Kier molecular flexibility index (Phi) is 11.8. The van der Waals surface area contributed by atoms with Gasteiger partial charge in [0.25, 0.3) is 0 Å². The van der Waals surface area contributed by atoms with E-state index in [0.717, 1.165) is 37.8 Å². The van der Waals surface area contributed by atoms with Crippen LogP contribution in [-0.2, 0) is 17.8 Å². The van der Waals surface area contributed by atoms with Gasteiger partial charge >= 0.3 is 8.56 Å². The van der Waals surface area contributed by atoms with Crippen LogP contribution in [0.25, 0.3) is 0 Å². The molecule has 0 fully saturated rings. The Morgan fingerprint density at radius 2 is 1.04 bits per heavy atom. The zero-order valence-corrected chi connectivity index (χ0v) is 21.4. The van der Waals surface area contributed by atoms with Crippen molar-refractivity contribution < 1.29 is 17.8 Å². The molecule has 0 bridgehead atoms. The molecule has 0 saturated carbocycles. The summed E-state index contributed by atoms with van der Waals surface area (Å²) in [4.78, 5) is 22.6. The van der Waals surface area contributed by atoms with Crippen molar-refractivity contribution in [2.75, 3.05) is 0 Å². The topological polar surface area (TPSA) is 52.6 Å². The van der Waals surface area contributed by atoms with Crippen LogP contribution in [0.15, 0.2) is 25.3 Å². The summed E-state index contributed by atoms with van der Waals surface area (Å²) in [6, 6.07) is 2.09. The minimum absolute atomic E-state index is 0.121. The van der Waals surface area contributed by atoms with Crippen molar-refractivity contribution in [1.29, 1.82) is 0 Å². The molecule has 0 heterocycles. The smallest absolute Gasteiger partial charge is 0.311 e. The van der Waals surface area contributed by atoms with Gasteiger partial charge in [0, 0.05) is 12.8 Å². The molecule has 0 saturated heterocycles. The van der Waals surface area contributed by atoms with Gasteiger partial charge in [0.1, 0.15) is 0 Å². The summed E-state index contributed by atoms with van der Waals surface area (Å²) in [5, 5.41) is 0. The van der Waals surface area contributed by atoms with E-state index in [1.165, 1.54) is 12.2 Å². The number of allylic oxidation sites excluding steroid dienone is 2. The highest BCUT2D eigenvalue weighted by Gasteiger charge is 2.39. The molecule has 0 aromatic heterocycles. The van der Waals surface area contributed by atoms with Gasteiger partial charge in [0.15, 0.2) is 28.2 Å². The van der Waals surface area contributed by atoms with Crippen LogP contribution in [0.3, 0.4) is 0 Å². The van der Waals surface area contributed by atoms with E-state index >= 15 is 0 Å². The fourth-order valence-corrected chi connectivity index (χ4v) is 17.6. The lowest BCUT2D eigenvalue weighted by Crippen LogP contribution is -2.52. The number of rotatable bonds is 16. The molecule has 7 heteroatoms. The fourth-order valence-electron chi connectivity index (χ4n) is 3.36. The van der Waals surface area contributed by atoms with E-state index in [0.29, 0.717) is 12.8 Å². The number of hydrogen-bond donors (Lipinski definition) is 0. The van der Waals surface area contributed by atoms with Crippen molar-refractivity contribution in [3.05, 3.63) is 25.3 Å². The van der Waals surface area contributed by atoms with Gasteiger partial charge in [-0.1, -0.05) is 26.0 Å². The number of unbranched alkanes of at least 4 members (excludes halogenated alkanes) is 2. The molecule has 0 atom stereocenters. The third-order valence-electron chi connectivity index (χ3n) is 4.40. The molecule has 0 aliphatic carbocycles. The van der Waals surface area contributed by atoms with Gasteiger partial charge in [-0.2, -0.15) is 0 Å².